The molecule has 0 saturated carbocycles. The number of carboxylic acids is 1. The lowest BCUT2D eigenvalue weighted by atomic mass is 10.0. The number of nitrogens with two attached hydrogens (primary N) is 1. The molecule has 0 aliphatic heterocycles. The van der Waals surface area contributed by atoms with Crippen molar-refractivity contribution in [3.05, 3.63) is 89.5 Å². The van der Waals surface area contributed by atoms with Gasteiger partial charge in [-0.15, -0.1) is 0 Å². The Labute approximate surface area is 253 Å². The van der Waals surface area contributed by atoms with Crippen molar-refractivity contribution in [1.29, 1.82) is 0 Å². The normalized spacial score (nSPS) is 14.3. The molecule has 10 N–H and O–H groups in total. The largest absolute Gasteiger partial charge is 0.508 e. The standard InChI is InChI=1S/C31H36N4O9/c1-17(36)27(30(42)34-26(31(43)44)16-20-6-12-23(39)13-7-20)35-29(41)25(15-19-4-10-22(38)11-5-19)33-28(40)24(32)14-18-2-8-21(37)9-3-18/h2-13,17,24-27,36-39H,14-16,32H2,1H3,(H,33,40)(H,34,42)(H,35,41)(H,43,44). The number of aromatic hydroxyl groups is 3. The summed E-state index contributed by atoms with van der Waals surface area (Å²) >= 11 is 0. The average Bonchev–Trinajstić information content (AvgIpc) is 2.98. The van der Waals surface area contributed by atoms with Crippen LogP contribution < -0.4 is 21.7 Å². The van der Waals surface area contributed by atoms with Crippen molar-refractivity contribution in [3.8, 4) is 17.2 Å². The Morgan fingerprint density at radius 3 is 1.41 bits per heavy atom. The number of phenolic OH excluding ortho intramolecular Hbond substituents is 3. The lowest BCUT2D eigenvalue weighted by Crippen LogP contribution is -2.60. The summed E-state index contributed by atoms with van der Waals surface area (Å²) in [6, 6.07) is 12.3. The highest BCUT2D eigenvalue weighted by atomic mass is 16.4. The number of carbonyl (C=O) groups excluding carboxylic acids is 3. The van der Waals surface area contributed by atoms with E-state index in [-0.39, 0.29) is 36.5 Å². The van der Waals surface area contributed by atoms with Crippen LogP contribution in [-0.2, 0) is 38.4 Å². The fourth-order valence-electron chi connectivity index (χ4n) is 4.32. The molecule has 3 rings (SSSR count). The first kappa shape index (κ1) is 33.4. The van der Waals surface area contributed by atoms with Gasteiger partial charge in [-0.1, -0.05) is 36.4 Å². The van der Waals surface area contributed by atoms with E-state index in [1.807, 2.05) is 0 Å². The number of carbonyl (C=O) groups is 4. The van der Waals surface area contributed by atoms with E-state index in [1.54, 1.807) is 12.1 Å². The molecule has 5 atom stereocenters. The Morgan fingerprint density at radius 2 is 1.00 bits per heavy atom. The van der Waals surface area contributed by atoms with Gasteiger partial charge in [0.1, 0.15) is 35.4 Å². The highest BCUT2D eigenvalue weighted by Crippen LogP contribution is 2.14. The van der Waals surface area contributed by atoms with Gasteiger partial charge in [0.25, 0.3) is 0 Å². The molecule has 0 aliphatic rings. The van der Waals surface area contributed by atoms with Crippen LogP contribution >= 0.6 is 0 Å². The maximum Gasteiger partial charge on any atom is 0.326 e. The van der Waals surface area contributed by atoms with Crippen LogP contribution in [-0.4, -0.2) is 79.5 Å². The van der Waals surface area contributed by atoms with Gasteiger partial charge in [0.2, 0.25) is 17.7 Å². The minimum absolute atomic E-state index is 0.0131. The fourth-order valence-corrected chi connectivity index (χ4v) is 4.32. The van der Waals surface area contributed by atoms with Crippen LogP contribution in [0.1, 0.15) is 23.6 Å². The molecule has 0 aliphatic carbocycles. The number of nitrogens with one attached hydrogen (secondary N) is 3. The molecule has 13 heteroatoms. The number of benzene rings is 3. The zero-order valence-corrected chi connectivity index (χ0v) is 23.9. The number of carboxylic acid groups (broad SMARTS) is 1. The zero-order valence-electron chi connectivity index (χ0n) is 23.9. The molecule has 0 bridgehead atoms. The smallest absolute Gasteiger partial charge is 0.326 e. The van der Waals surface area contributed by atoms with E-state index in [0.29, 0.717) is 16.7 Å². The van der Waals surface area contributed by atoms with Crippen molar-refractivity contribution >= 4 is 23.7 Å². The summed E-state index contributed by atoms with van der Waals surface area (Å²) in [6.07, 6.45) is -1.57. The quantitative estimate of drug-likeness (QED) is 0.120. The molecule has 5 unspecified atom stereocenters. The average molecular weight is 609 g/mol. The Morgan fingerprint density at radius 1 is 0.614 bits per heavy atom. The molecule has 0 saturated heterocycles. The van der Waals surface area contributed by atoms with Gasteiger partial charge in [-0.3, -0.25) is 14.4 Å². The second-order valence-corrected chi connectivity index (χ2v) is 10.4. The number of amides is 3. The maximum atomic E-state index is 13.5. The van der Waals surface area contributed by atoms with Crippen LogP contribution in [0.3, 0.4) is 0 Å². The van der Waals surface area contributed by atoms with Crippen molar-refractivity contribution in [2.45, 2.75) is 56.5 Å². The van der Waals surface area contributed by atoms with E-state index in [0.717, 1.165) is 0 Å². The molecule has 0 aromatic heterocycles. The van der Waals surface area contributed by atoms with E-state index in [9.17, 15) is 44.7 Å². The summed E-state index contributed by atoms with van der Waals surface area (Å²) in [7, 11) is 0. The Kier molecular flexibility index (Phi) is 11.7. The summed E-state index contributed by atoms with van der Waals surface area (Å²) < 4.78 is 0. The lowest BCUT2D eigenvalue weighted by molar-refractivity contribution is -0.143. The molecule has 3 aromatic rings. The number of rotatable bonds is 14. The van der Waals surface area contributed by atoms with Gasteiger partial charge in [-0.25, -0.2) is 4.79 Å². The SMILES string of the molecule is CC(O)C(NC(=O)C(Cc1ccc(O)cc1)NC(=O)C(N)Cc1ccc(O)cc1)C(=O)NC(Cc1ccc(O)cc1)C(=O)O. The van der Waals surface area contributed by atoms with E-state index in [1.165, 1.54) is 67.6 Å². The number of hydrogen-bond donors (Lipinski definition) is 9. The molecule has 3 aromatic carbocycles. The molecular formula is C31H36N4O9. The third-order valence-electron chi connectivity index (χ3n) is 6.79. The van der Waals surface area contributed by atoms with Crippen molar-refractivity contribution < 1.29 is 44.7 Å². The number of phenols is 3. The van der Waals surface area contributed by atoms with Gasteiger partial charge in [0.05, 0.1) is 12.1 Å². The summed E-state index contributed by atoms with van der Waals surface area (Å²) in [4.78, 5) is 51.5. The summed E-state index contributed by atoms with van der Waals surface area (Å²) in [6.45, 7) is 1.24. The number of aliphatic hydroxyl groups is 1. The molecule has 0 fully saturated rings. The highest BCUT2D eigenvalue weighted by molar-refractivity contribution is 5.94. The summed E-state index contributed by atoms with van der Waals surface area (Å²) in [5.74, 6) is -3.85. The topological polar surface area (TPSA) is 232 Å². The zero-order chi connectivity index (χ0) is 32.4. The molecule has 3 amide bonds. The predicted octanol–water partition coefficient (Wildman–Crippen LogP) is 0.0784. The molecule has 234 valence electrons. The first-order valence-electron chi connectivity index (χ1n) is 13.7. The monoisotopic (exact) mass is 608 g/mol. The molecule has 0 spiro atoms. The number of hydrogen-bond acceptors (Lipinski definition) is 9. The summed E-state index contributed by atoms with van der Waals surface area (Å²) in [5.41, 5.74) is 7.81. The molecule has 44 heavy (non-hydrogen) atoms. The van der Waals surface area contributed by atoms with Crippen molar-refractivity contribution in [2.24, 2.45) is 5.73 Å². The first-order valence-corrected chi connectivity index (χ1v) is 13.7. The van der Waals surface area contributed by atoms with Crippen molar-refractivity contribution in [1.82, 2.24) is 16.0 Å². The van der Waals surface area contributed by atoms with Crippen LogP contribution in [0, 0.1) is 0 Å². The van der Waals surface area contributed by atoms with Gasteiger partial charge in [-0.2, -0.15) is 0 Å². The Balaban J connectivity index is 1.75. The van der Waals surface area contributed by atoms with E-state index >= 15 is 0 Å². The minimum atomic E-state index is -1.59. The minimum Gasteiger partial charge on any atom is -0.508 e. The van der Waals surface area contributed by atoms with Crippen LogP contribution in [0.5, 0.6) is 17.2 Å². The second kappa shape index (κ2) is 15.4. The molecular weight excluding hydrogens is 572 g/mol. The number of aliphatic carboxylic acids is 1. The summed E-state index contributed by atoms with van der Waals surface area (Å²) in [5, 5.41) is 55.9. The van der Waals surface area contributed by atoms with Crippen molar-refractivity contribution in [2.75, 3.05) is 0 Å². The van der Waals surface area contributed by atoms with E-state index in [2.05, 4.69) is 16.0 Å². The van der Waals surface area contributed by atoms with Crippen LogP contribution in [0.25, 0.3) is 0 Å². The Hall–Kier alpha value is -5.14. The molecule has 13 nitrogen and oxygen atoms in total. The van der Waals surface area contributed by atoms with E-state index < -0.39 is 54.0 Å². The Bertz CT molecular complexity index is 1430. The van der Waals surface area contributed by atoms with Gasteiger partial charge in [-0.05, 0) is 66.4 Å². The maximum absolute atomic E-state index is 13.5. The predicted molar refractivity (Wildman–Crippen MR) is 159 cm³/mol. The molecule has 0 heterocycles. The van der Waals surface area contributed by atoms with Crippen LogP contribution in [0.4, 0.5) is 0 Å². The molecule has 0 radical (unpaired) electrons. The fraction of sp³-hybridized carbons (Fsp3) is 0.290. The van der Waals surface area contributed by atoms with Gasteiger partial charge in [0, 0.05) is 12.8 Å². The van der Waals surface area contributed by atoms with Gasteiger partial charge >= 0.3 is 5.97 Å². The lowest BCUT2D eigenvalue weighted by Gasteiger charge is -2.26. The van der Waals surface area contributed by atoms with E-state index in [4.69, 9.17) is 5.73 Å². The first-order chi connectivity index (χ1) is 20.8. The second-order valence-electron chi connectivity index (χ2n) is 10.4. The highest BCUT2D eigenvalue weighted by Gasteiger charge is 2.33. The van der Waals surface area contributed by atoms with Gasteiger partial charge in [0.15, 0.2) is 0 Å². The third-order valence-corrected chi connectivity index (χ3v) is 6.79. The number of aliphatic hydroxyl groups excluding tert-OH is 1. The van der Waals surface area contributed by atoms with Gasteiger partial charge < -0.3 is 47.2 Å². The third kappa shape index (κ3) is 10.00. The van der Waals surface area contributed by atoms with Crippen LogP contribution in [0.2, 0.25) is 0 Å². The van der Waals surface area contributed by atoms with Crippen LogP contribution in [0.15, 0.2) is 72.8 Å². The van der Waals surface area contributed by atoms with Crippen molar-refractivity contribution in [3.63, 3.8) is 0 Å².